The van der Waals surface area contributed by atoms with Crippen molar-refractivity contribution in [1.82, 2.24) is 4.98 Å². The van der Waals surface area contributed by atoms with Crippen molar-refractivity contribution in [1.29, 1.82) is 0 Å². The Balaban J connectivity index is 1.67. The highest BCUT2D eigenvalue weighted by Gasteiger charge is 2.18. The van der Waals surface area contributed by atoms with Crippen molar-refractivity contribution in [2.45, 2.75) is 6.92 Å². The van der Waals surface area contributed by atoms with Crippen molar-refractivity contribution in [2.75, 3.05) is 24.3 Å². The maximum atomic E-state index is 13.0. The van der Waals surface area contributed by atoms with Gasteiger partial charge in [0, 0.05) is 11.3 Å². The van der Waals surface area contributed by atoms with Gasteiger partial charge in [0.05, 0.1) is 6.61 Å². The standard InChI is InChI=1S/C20H18FN3O4S/c1-2-27-16(25)11-28-15-9-3-12(4-10-15)17(26)18-19(22)24-20(29-18)23-14-7-5-13(21)6-8-14/h3-10H,2,11,22H2,1H3,(H,23,24). The van der Waals surface area contributed by atoms with E-state index in [1.807, 2.05) is 0 Å². The summed E-state index contributed by atoms with van der Waals surface area (Å²) in [6.07, 6.45) is 0. The molecule has 0 amide bonds. The Bertz CT molecular complexity index is 1000. The Hall–Kier alpha value is -3.46. The molecule has 3 N–H and O–H groups in total. The molecule has 3 rings (SSSR count). The van der Waals surface area contributed by atoms with Crippen LogP contribution in [0.15, 0.2) is 48.5 Å². The third kappa shape index (κ3) is 5.29. The summed E-state index contributed by atoms with van der Waals surface area (Å²) < 4.78 is 23.1. The molecule has 3 aromatic rings. The summed E-state index contributed by atoms with van der Waals surface area (Å²) in [6, 6.07) is 12.1. The van der Waals surface area contributed by atoms with Gasteiger partial charge in [0.25, 0.3) is 0 Å². The zero-order chi connectivity index (χ0) is 20.8. The number of halogens is 1. The third-order valence-electron chi connectivity index (χ3n) is 3.73. The number of thiazole rings is 1. The van der Waals surface area contributed by atoms with E-state index in [0.717, 1.165) is 11.3 Å². The number of benzene rings is 2. The fourth-order valence-corrected chi connectivity index (χ4v) is 3.25. The summed E-state index contributed by atoms with van der Waals surface area (Å²) in [5.41, 5.74) is 6.93. The molecule has 0 fully saturated rings. The second-order valence-electron chi connectivity index (χ2n) is 5.81. The molecule has 0 saturated heterocycles. The number of nitrogens with two attached hydrogens (primary N) is 1. The molecule has 9 heteroatoms. The lowest BCUT2D eigenvalue weighted by Crippen LogP contribution is -2.14. The van der Waals surface area contributed by atoms with Crippen LogP contribution in [0.5, 0.6) is 5.75 Å². The van der Waals surface area contributed by atoms with Crippen molar-refractivity contribution in [3.8, 4) is 5.75 Å². The van der Waals surface area contributed by atoms with Gasteiger partial charge < -0.3 is 20.5 Å². The number of aromatic nitrogens is 1. The first-order valence-electron chi connectivity index (χ1n) is 8.68. The SMILES string of the molecule is CCOC(=O)COc1ccc(C(=O)c2sc(Nc3ccc(F)cc3)nc2N)cc1. The van der Waals surface area contributed by atoms with Crippen LogP contribution in [0.3, 0.4) is 0 Å². The Kier molecular flexibility index (Phi) is 6.40. The number of esters is 1. The van der Waals surface area contributed by atoms with E-state index >= 15 is 0 Å². The molecule has 0 unspecified atom stereocenters. The van der Waals surface area contributed by atoms with Crippen LogP contribution in [-0.2, 0) is 9.53 Å². The minimum atomic E-state index is -0.466. The van der Waals surface area contributed by atoms with Crippen molar-refractivity contribution < 1.29 is 23.5 Å². The van der Waals surface area contributed by atoms with Crippen LogP contribution in [-0.4, -0.2) is 30.0 Å². The first kappa shape index (κ1) is 20.3. The Morgan fingerprint density at radius 1 is 1.14 bits per heavy atom. The second kappa shape index (κ2) is 9.16. The number of rotatable bonds is 8. The van der Waals surface area contributed by atoms with Gasteiger partial charge in [0.2, 0.25) is 5.78 Å². The van der Waals surface area contributed by atoms with E-state index in [0.29, 0.717) is 22.1 Å². The summed E-state index contributed by atoms with van der Waals surface area (Å²) in [6.45, 7) is 1.79. The van der Waals surface area contributed by atoms with Gasteiger partial charge in [-0.2, -0.15) is 0 Å². The molecule has 0 aliphatic carbocycles. The number of carbonyl (C=O) groups is 2. The van der Waals surface area contributed by atoms with Crippen LogP contribution < -0.4 is 15.8 Å². The monoisotopic (exact) mass is 415 g/mol. The first-order valence-corrected chi connectivity index (χ1v) is 9.50. The summed E-state index contributed by atoms with van der Waals surface area (Å²) in [7, 11) is 0. The quantitative estimate of drug-likeness (QED) is 0.426. The normalized spacial score (nSPS) is 10.4. The van der Waals surface area contributed by atoms with E-state index in [1.165, 1.54) is 12.1 Å². The van der Waals surface area contributed by atoms with E-state index < -0.39 is 5.97 Å². The number of hydrogen-bond acceptors (Lipinski definition) is 8. The summed E-state index contributed by atoms with van der Waals surface area (Å²) >= 11 is 1.10. The van der Waals surface area contributed by atoms with Gasteiger partial charge in [-0.1, -0.05) is 11.3 Å². The number of carbonyl (C=O) groups excluding carboxylic acids is 2. The predicted molar refractivity (Wildman–Crippen MR) is 108 cm³/mol. The van der Waals surface area contributed by atoms with Crippen LogP contribution >= 0.6 is 11.3 Å². The summed E-state index contributed by atoms with van der Waals surface area (Å²) in [4.78, 5) is 28.5. The molecular weight excluding hydrogens is 397 g/mol. The number of nitrogens with zero attached hydrogens (tertiary/aromatic N) is 1. The van der Waals surface area contributed by atoms with Gasteiger partial charge in [-0.25, -0.2) is 14.2 Å². The lowest BCUT2D eigenvalue weighted by molar-refractivity contribution is -0.145. The van der Waals surface area contributed by atoms with E-state index in [9.17, 15) is 14.0 Å². The van der Waals surface area contributed by atoms with Gasteiger partial charge in [0.15, 0.2) is 11.7 Å². The van der Waals surface area contributed by atoms with Crippen molar-refractivity contribution in [3.63, 3.8) is 0 Å². The van der Waals surface area contributed by atoms with Gasteiger partial charge in [-0.05, 0) is 55.5 Å². The van der Waals surface area contributed by atoms with Crippen LogP contribution in [0.1, 0.15) is 22.2 Å². The minimum Gasteiger partial charge on any atom is -0.482 e. The highest BCUT2D eigenvalue weighted by Crippen LogP contribution is 2.30. The average Bonchev–Trinajstić information content (AvgIpc) is 3.08. The molecule has 1 aromatic heterocycles. The highest BCUT2D eigenvalue weighted by atomic mass is 32.1. The van der Waals surface area contributed by atoms with Crippen molar-refractivity contribution in [2.24, 2.45) is 0 Å². The van der Waals surface area contributed by atoms with E-state index in [4.69, 9.17) is 15.2 Å². The topological polar surface area (TPSA) is 104 Å². The second-order valence-corrected chi connectivity index (χ2v) is 6.81. The third-order valence-corrected chi connectivity index (χ3v) is 4.72. The van der Waals surface area contributed by atoms with Gasteiger partial charge in [0.1, 0.15) is 22.3 Å². The number of ether oxygens (including phenoxy) is 2. The largest absolute Gasteiger partial charge is 0.482 e. The zero-order valence-electron chi connectivity index (χ0n) is 15.5. The van der Waals surface area contributed by atoms with Crippen LogP contribution in [0, 0.1) is 5.82 Å². The molecule has 150 valence electrons. The molecule has 0 spiro atoms. The molecular formula is C20H18FN3O4S. The van der Waals surface area contributed by atoms with Gasteiger partial charge >= 0.3 is 5.97 Å². The smallest absolute Gasteiger partial charge is 0.344 e. The summed E-state index contributed by atoms with van der Waals surface area (Å²) in [5, 5.41) is 3.41. The maximum absolute atomic E-state index is 13.0. The molecule has 0 bridgehead atoms. The van der Waals surface area contributed by atoms with Crippen LogP contribution in [0.25, 0.3) is 0 Å². The highest BCUT2D eigenvalue weighted by molar-refractivity contribution is 7.18. The lowest BCUT2D eigenvalue weighted by atomic mass is 10.1. The average molecular weight is 415 g/mol. The first-order chi connectivity index (χ1) is 14.0. The van der Waals surface area contributed by atoms with Crippen molar-refractivity contribution >= 4 is 39.7 Å². The molecule has 7 nitrogen and oxygen atoms in total. The number of nitrogens with one attached hydrogen (secondary N) is 1. The van der Waals surface area contributed by atoms with Gasteiger partial charge in [-0.15, -0.1) is 0 Å². The number of ketones is 1. The van der Waals surface area contributed by atoms with Crippen LogP contribution in [0.2, 0.25) is 0 Å². The van der Waals surface area contributed by atoms with E-state index in [2.05, 4.69) is 10.3 Å². The summed E-state index contributed by atoms with van der Waals surface area (Å²) in [5.74, 6) is -0.562. The fraction of sp³-hybridized carbons (Fsp3) is 0.150. The number of anilines is 3. The molecule has 1 heterocycles. The molecule has 0 radical (unpaired) electrons. The Morgan fingerprint density at radius 3 is 2.48 bits per heavy atom. The fourth-order valence-electron chi connectivity index (χ4n) is 2.38. The molecule has 29 heavy (non-hydrogen) atoms. The molecule has 0 saturated carbocycles. The maximum Gasteiger partial charge on any atom is 0.344 e. The molecule has 2 aromatic carbocycles. The van der Waals surface area contributed by atoms with E-state index in [1.54, 1.807) is 43.3 Å². The molecule has 0 aliphatic rings. The van der Waals surface area contributed by atoms with E-state index in [-0.39, 0.29) is 35.5 Å². The Morgan fingerprint density at radius 2 is 1.83 bits per heavy atom. The lowest BCUT2D eigenvalue weighted by Gasteiger charge is -2.06. The predicted octanol–water partition coefficient (Wildman–Crippen LogP) is 3.78. The molecule has 0 aliphatic heterocycles. The van der Waals surface area contributed by atoms with Crippen LogP contribution in [0.4, 0.5) is 21.0 Å². The zero-order valence-corrected chi connectivity index (χ0v) is 16.3. The minimum absolute atomic E-state index is 0.104. The molecule has 0 atom stereocenters. The number of nitrogen functional groups attached to an aromatic ring is 1. The number of hydrogen-bond donors (Lipinski definition) is 2. The van der Waals surface area contributed by atoms with Gasteiger partial charge in [-0.3, -0.25) is 4.79 Å². The Labute approximate surface area is 170 Å². The van der Waals surface area contributed by atoms with Crippen molar-refractivity contribution in [3.05, 3.63) is 64.8 Å².